The number of hydrogen-bond donors (Lipinski definition) is 1. The fourth-order valence-electron chi connectivity index (χ4n) is 2.38. The van der Waals surface area contributed by atoms with Gasteiger partial charge in [0.15, 0.2) is 0 Å². The summed E-state index contributed by atoms with van der Waals surface area (Å²) in [7, 11) is 0. The zero-order valence-corrected chi connectivity index (χ0v) is 15.9. The molecule has 1 aromatic heterocycles. The molecule has 2 aromatic carbocycles. The molecule has 0 aliphatic heterocycles. The molecule has 0 unspecified atom stereocenters. The number of ether oxygens (including phenoxy) is 1. The molecule has 0 saturated heterocycles. The van der Waals surface area contributed by atoms with Gasteiger partial charge in [0.2, 0.25) is 0 Å². The molecular weight excluding hydrogens is 391 g/mol. The molecule has 1 heterocycles. The van der Waals surface area contributed by atoms with E-state index >= 15 is 0 Å². The third kappa shape index (κ3) is 4.99. The molecule has 0 fully saturated rings. The molecule has 0 amide bonds. The summed E-state index contributed by atoms with van der Waals surface area (Å²) in [6.07, 6.45) is 3.32. The molecule has 7 heteroatoms. The van der Waals surface area contributed by atoms with E-state index in [1.807, 2.05) is 18.2 Å². The van der Waals surface area contributed by atoms with Gasteiger partial charge in [0.05, 0.1) is 6.20 Å². The standard InChI is InChI=1S/C19H15Cl2N2O2S/c20-15-4-3-13(18(21)9-15)10-23-11-14-8-16(5-6-19(14)26-24)25-17-2-1-7-22-12-17/h1-9,12,23H,10-11H2/q+1. The highest BCUT2D eigenvalue weighted by Gasteiger charge is 2.16. The predicted octanol–water partition coefficient (Wildman–Crippen LogP) is 5.26. The van der Waals surface area contributed by atoms with Crippen LogP contribution in [-0.2, 0) is 29.0 Å². The lowest BCUT2D eigenvalue weighted by molar-refractivity contribution is 0.478. The first kappa shape index (κ1) is 18.7. The van der Waals surface area contributed by atoms with E-state index in [4.69, 9.17) is 27.9 Å². The molecule has 0 saturated carbocycles. The maximum atomic E-state index is 11.3. The van der Waals surface area contributed by atoms with Crippen molar-refractivity contribution in [1.29, 1.82) is 0 Å². The van der Waals surface area contributed by atoms with E-state index in [1.165, 1.54) is 0 Å². The number of halogens is 2. The summed E-state index contributed by atoms with van der Waals surface area (Å²) in [5.74, 6) is 1.29. The van der Waals surface area contributed by atoms with E-state index in [9.17, 15) is 4.21 Å². The van der Waals surface area contributed by atoms with Crippen molar-refractivity contribution >= 4 is 34.9 Å². The minimum Gasteiger partial charge on any atom is -0.456 e. The summed E-state index contributed by atoms with van der Waals surface area (Å²) in [6.45, 7) is 1.07. The van der Waals surface area contributed by atoms with Crippen molar-refractivity contribution in [2.75, 3.05) is 0 Å². The lowest BCUT2D eigenvalue weighted by Crippen LogP contribution is -2.14. The van der Waals surface area contributed by atoms with Crippen LogP contribution in [0.4, 0.5) is 0 Å². The number of nitrogens with one attached hydrogen (secondary N) is 1. The number of nitrogens with zero attached hydrogens (tertiary/aromatic N) is 1. The van der Waals surface area contributed by atoms with E-state index in [0.29, 0.717) is 51.2 Å². The maximum absolute atomic E-state index is 11.3. The van der Waals surface area contributed by atoms with E-state index < -0.39 is 0 Å². The first-order chi connectivity index (χ1) is 12.7. The number of hydrogen-bond acceptors (Lipinski definition) is 4. The van der Waals surface area contributed by atoms with Gasteiger partial charge in [-0.25, -0.2) is 0 Å². The van der Waals surface area contributed by atoms with Gasteiger partial charge in [-0.2, -0.15) is 0 Å². The summed E-state index contributed by atoms with van der Waals surface area (Å²) < 4.78 is 17.1. The second-order valence-corrected chi connectivity index (χ2v) is 6.93. The molecule has 0 atom stereocenters. The molecule has 0 spiro atoms. The predicted molar refractivity (Wildman–Crippen MR) is 104 cm³/mol. The molecule has 132 valence electrons. The number of aromatic nitrogens is 1. The molecule has 1 N–H and O–H groups in total. The van der Waals surface area contributed by atoms with Crippen molar-refractivity contribution in [3.63, 3.8) is 0 Å². The Kier molecular flexibility index (Phi) is 6.52. The van der Waals surface area contributed by atoms with E-state index in [0.717, 1.165) is 11.1 Å². The van der Waals surface area contributed by atoms with E-state index in [1.54, 1.807) is 42.7 Å². The minimum absolute atomic E-state index is 0.460. The third-order valence-corrected chi connectivity index (χ3v) is 4.80. The van der Waals surface area contributed by atoms with Gasteiger partial charge >= 0.3 is 11.7 Å². The van der Waals surface area contributed by atoms with Gasteiger partial charge in [-0.15, -0.1) is 0 Å². The number of benzene rings is 2. The molecule has 0 bridgehead atoms. The quantitative estimate of drug-likeness (QED) is 0.544. The molecule has 26 heavy (non-hydrogen) atoms. The third-order valence-electron chi connectivity index (χ3n) is 3.64. The van der Waals surface area contributed by atoms with E-state index in [-0.39, 0.29) is 0 Å². The van der Waals surface area contributed by atoms with Gasteiger partial charge in [0.1, 0.15) is 11.5 Å². The Morgan fingerprint density at radius 2 is 1.85 bits per heavy atom. The molecule has 0 radical (unpaired) electrons. The van der Waals surface area contributed by atoms with Crippen molar-refractivity contribution in [3.05, 3.63) is 82.1 Å². The number of pyridine rings is 1. The Bertz CT molecular complexity index is 907. The molecular formula is C19H15Cl2N2O2S+. The van der Waals surface area contributed by atoms with Crippen LogP contribution in [0.5, 0.6) is 11.5 Å². The topological polar surface area (TPSA) is 51.2 Å². The van der Waals surface area contributed by atoms with Gasteiger partial charge in [0, 0.05) is 45.2 Å². The highest BCUT2D eigenvalue weighted by atomic mass is 35.5. The van der Waals surface area contributed by atoms with Crippen molar-refractivity contribution in [2.45, 2.75) is 18.0 Å². The number of rotatable bonds is 7. The van der Waals surface area contributed by atoms with E-state index in [2.05, 4.69) is 10.3 Å². The summed E-state index contributed by atoms with van der Waals surface area (Å²) in [6, 6.07) is 14.4. The highest BCUT2D eigenvalue weighted by Crippen LogP contribution is 2.24. The summed E-state index contributed by atoms with van der Waals surface area (Å²) in [4.78, 5) is 4.67. The molecule has 0 aliphatic rings. The summed E-state index contributed by atoms with van der Waals surface area (Å²) in [5, 5.41) is 4.51. The monoisotopic (exact) mass is 405 g/mol. The first-order valence-corrected chi connectivity index (χ1v) is 9.31. The van der Waals surface area contributed by atoms with Crippen LogP contribution in [0.1, 0.15) is 11.1 Å². The first-order valence-electron chi connectivity index (χ1n) is 7.81. The maximum Gasteiger partial charge on any atom is 0.505 e. The van der Waals surface area contributed by atoms with Gasteiger partial charge < -0.3 is 10.1 Å². The van der Waals surface area contributed by atoms with Crippen molar-refractivity contribution in [2.24, 2.45) is 0 Å². The van der Waals surface area contributed by atoms with Gasteiger partial charge in [-0.05, 0) is 42.0 Å². The minimum atomic E-state index is 0.460. The molecule has 3 rings (SSSR count). The van der Waals surface area contributed by atoms with Gasteiger partial charge in [-0.1, -0.05) is 29.3 Å². The van der Waals surface area contributed by atoms with Crippen LogP contribution >= 0.6 is 23.2 Å². The van der Waals surface area contributed by atoms with Crippen molar-refractivity contribution in [3.8, 4) is 11.5 Å². The molecule has 3 aromatic rings. The van der Waals surface area contributed by atoms with Crippen LogP contribution in [-0.4, -0.2) is 4.98 Å². The average molecular weight is 406 g/mol. The smallest absolute Gasteiger partial charge is 0.456 e. The fraction of sp³-hybridized carbons (Fsp3) is 0.105. The summed E-state index contributed by atoms with van der Waals surface area (Å²) >= 11 is 12.6. The molecule has 0 aliphatic carbocycles. The van der Waals surface area contributed by atoms with Crippen LogP contribution in [0.25, 0.3) is 0 Å². The normalized spacial score (nSPS) is 10.5. The Balaban J connectivity index is 1.69. The van der Waals surface area contributed by atoms with Gasteiger partial charge in [0.25, 0.3) is 4.90 Å². The highest BCUT2D eigenvalue weighted by molar-refractivity contribution is 7.65. The zero-order valence-electron chi connectivity index (χ0n) is 13.6. The lowest BCUT2D eigenvalue weighted by Gasteiger charge is -2.09. The van der Waals surface area contributed by atoms with Crippen LogP contribution in [0, 0.1) is 0 Å². The van der Waals surface area contributed by atoms with Crippen molar-refractivity contribution in [1.82, 2.24) is 10.3 Å². The summed E-state index contributed by atoms with van der Waals surface area (Å²) in [5.41, 5.74) is 1.80. The van der Waals surface area contributed by atoms with Crippen LogP contribution in [0.3, 0.4) is 0 Å². The second kappa shape index (κ2) is 9.05. The molecule has 4 nitrogen and oxygen atoms in total. The van der Waals surface area contributed by atoms with Crippen LogP contribution in [0.2, 0.25) is 10.0 Å². The second-order valence-electron chi connectivity index (χ2n) is 5.48. The average Bonchev–Trinajstić information content (AvgIpc) is 2.65. The Morgan fingerprint density at radius 1 is 1.00 bits per heavy atom. The van der Waals surface area contributed by atoms with Crippen molar-refractivity contribution < 1.29 is 8.95 Å². The fourth-order valence-corrected chi connectivity index (χ4v) is 3.22. The Hall–Kier alpha value is -2.05. The zero-order chi connectivity index (χ0) is 18.4. The lowest BCUT2D eigenvalue weighted by atomic mass is 10.2. The SMILES string of the molecule is O=[S+]c1ccc(Oc2cccnc2)cc1CNCc1ccc(Cl)cc1Cl. The largest absolute Gasteiger partial charge is 0.505 e. The Labute approximate surface area is 165 Å². The van der Waals surface area contributed by atoms with Crippen LogP contribution < -0.4 is 10.1 Å². The Morgan fingerprint density at radius 3 is 2.58 bits per heavy atom. The van der Waals surface area contributed by atoms with Gasteiger partial charge in [-0.3, -0.25) is 4.98 Å². The van der Waals surface area contributed by atoms with Crippen LogP contribution in [0.15, 0.2) is 65.8 Å².